The lowest BCUT2D eigenvalue weighted by Crippen LogP contribution is -2.17. The van der Waals surface area contributed by atoms with E-state index in [-0.39, 0.29) is 10.9 Å². The van der Waals surface area contributed by atoms with Crippen molar-refractivity contribution in [2.75, 3.05) is 11.1 Å². The van der Waals surface area contributed by atoms with Crippen molar-refractivity contribution in [1.82, 2.24) is 0 Å². The number of sulfonamides is 1. The molecule has 0 aliphatic carbocycles. The Morgan fingerprint density at radius 3 is 2.67 bits per heavy atom. The molecule has 2 aromatic rings. The molecule has 0 amide bonds. The summed E-state index contributed by atoms with van der Waals surface area (Å²) in [6.07, 6.45) is 1.88. The number of nitrogens with two attached hydrogens (primary N) is 2. The molecule has 5 N–H and O–H groups in total. The van der Waals surface area contributed by atoms with Gasteiger partial charge >= 0.3 is 0 Å². The normalized spacial score (nSPS) is 13.0. The minimum atomic E-state index is -3.82. The van der Waals surface area contributed by atoms with Gasteiger partial charge in [-0.3, -0.25) is 0 Å². The maximum atomic E-state index is 11.7. The van der Waals surface area contributed by atoms with Gasteiger partial charge in [-0.15, -0.1) is 11.3 Å². The summed E-state index contributed by atoms with van der Waals surface area (Å²) in [4.78, 5) is 1.19. The monoisotopic (exact) mass is 325 g/mol. The van der Waals surface area contributed by atoms with E-state index in [1.165, 1.54) is 6.07 Å². The maximum absolute atomic E-state index is 11.7. The van der Waals surface area contributed by atoms with E-state index in [1.54, 1.807) is 23.5 Å². The molecule has 5 nitrogen and oxygen atoms in total. The number of thiophene rings is 1. The van der Waals surface area contributed by atoms with Crippen LogP contribution in [0.25, 0.3) is 0 Å². The Labute approximate surface area is 129 Å². The minimum Gasteiger partial charge on any atom is -0.399 e. The van der Waals surface area contributed by atoms with Crippen molar-refractivity contribution in [3.8, 4) is 0 Å². The summed E-state index contributed by atoms with van der Waals surface area (Å²) in [6.45, 7) is 2.09. The van der Waals surface area contributed by atoms with E-state index < -0.39 is 10.0 Å². The molecule has 0 fully saturated rings. The molecule has 2 rings (SSSR count). The van der Waals surface area contributed by atoms with E-state index in [9.17, 15) is 8.42 Å². The Kier molecular flexibility index (Phi) is 4.87. The van der Waals surface area contributed by atoms with Gasteiger partial charge in [0.2, 0.25) is 10.0 Å². The first-order valence-electron chi connectivity index (χ1n) is 6.64. The Morgan fingerprint density at radius 2 is 2.10 bits per heavy atom. The lowest BCUT2D eigenvalue weighted by Gasteiger charge is -2.20. The summed E-state index contributed by atoms with van der Waals surface area (Å²) in [6, 6.07) is 8.77. The number of anilines is 2. The highest BCUT2D eigenvalue weighted by atomic mass is 32.2. The predicted molar refractivity (Wildman–Crippen MR) is 87.8 cm³/mol. The Balaban J connectivity index is 2.37. The van der Waals surface area contributed by atoms with E-state index in [0.717, 1.165) is 17.7 Å². The molecule has 0 saturated carbocycles. The Bertz CT molecular complexity index is 697. The third kappa shape index (κ3) is 3.96. The van der Waals surface area contributed by atoms with Gasteiger partial charge in [0.25, 0.3) is 0 Å². The van der Waals surface area contributed by atoms with Gasteiger partial charge in [0.1, 0.15) is 4.90 Å². The van der Waals surface area contributed by atoms with Crippen molar-refractivity contribution in [2.45, 2.75) is 30.7 Å². The smallest absolute Gasteiger partial charge is 0.240 e. The van der Waals surface area contributed by atoms with Crippen LogP contribution < -0.4 is 16.2 Å². The number of nitrogen functional groups attached to an aromatic ring is 1. The van der Waals surface area contributed by atoms with Crippen molar-refractivity contribution >= 4 is 32.7 Å². The highest BCUT2D eigenvalue weighted by Crippen LogP contribution is 2.31. The molecule has 1 heterocycles. The lowest BCUT2D eigenvalue weighted by atomic mass is 10.1. The maximum Gasteiger partial charge on any atom is 0.240 e. The van der Waals surface area contributed by atoms with Crippen LogP contribution in [0.3, 0.4) is 0 Å². The fourth-order valence-electron chi connectivity index (χ4n) is 2.15. The summed E-state index contributed by atoms with van der Waals surface area (Å²) < 4.78 is 23.4. The molecule has 0 aliphatic heterocycles. The van der Waals surface area contributed by atoms with Gasteiger partial charge < -0.3 is 11.1 Å². The van der Waals surface area contributed by atoms with Crippen LogP contribution in [0.5, 0.6) is 0 Å². The molecule has 1 aromatic carbocycles. The van der Waals surface area contributed by atoms with Crippen LogP contribution in [0, 0.1) is 0 Å². The van der Waals surface area contributed by atoms with Gasteiger partial charge in [0, 0.05) is 10.6 Å². The third-order valence-corrected chi connectivity index (χ3v) is 5.04. The fraction of sp³-hybridized carbons (Fsp3) is 0.286. The summed E-state index contributed by atoms with van der Waals surface area (Å²) in [5.74, 6) is 0. The topological polar surface area (TPSA) is 98.2 Å². The van der Waals surface area contributed by atoms with Crippen molar-refractivity contribution in [3.05, 3.63) is 40.6 Å². The molecule has 0 saturated heterocycles. The summed E-state index contributed by atoms with van der Waals surface area (Å²) in [7, 11) is -3.82. The molecule has 0 aliphatic rings. The number of hydrogen-bond donors (Lipinski definition) is 3. The van der Waals surface area contributed by atoms with Crippen molar-refractivity contribution in [3.63, 3.8) is 0 Å². The second kappa shape index (κ2) is 6.46. The first-order chi connectivity index (χ1) is 9.91. The second-order valence-corrected chi connectivity index (χ2v) is 7.31. The first-order valence-corrected chi connectivity index (χ1v) is 9.06. The standard InChI is InChI=1S/C14H19N3O2S2/c1-2-4-11(13-5-3-8-20-13)17-12-7-6-10(15)9-14(12)21(16,18)19/h3,5-9,11,17H,2,4,15H2,1H3,(H2,16,18,19). The Hall–Kier alpha value is -1.57. The molecular formula is C14H19N3O2S2. The molecular weight excluding hydrogens is 306 g/mol. The van der Waals surface area contributed by atoms with Crippen LogP contribution in [-0.4, -0.2) is 8.42 Å². The third-order valence-electron chi connectivity index (χ3n) is 3.11. The molecule has 0 radical (unpaired) electrons. The molecule has 114 valence electrons. The number of hydrogen-bond acceptors (Lipinski definition) is 5. The van der Waals surface area contributed by atoms with Gasteiger partial charge in [-0.2, -0.15) is 0 Å². The van der Waals surface area contributed by atoms with Crippen LogP contribution in [0.2, 0.25) is 0 Å². The van der Waals surface area contributed by atoms with Crippen molar-refractivity contribution in [2.24, 2.45) is 5.14 Å². The van der Waals surface area contributed by atoms with Crippen LogP contribution in [0.1, 0.15) is 30.7 Å². The molecule has 1 aromatic heterocycles. The number of nitrogens with one attached hydrogen (secondary N) is 1. The van der Waals surface area contributed by atoms with Crippen LogP contribution in [0.15, 0.2) is 40.6 Å². The van der Waals surface area contributed by atoms with Crippen LogP contribution >= 0.6 is 11.3 Å². The number of benzene rings is 1. The quantitative estimate of drug-likeness (QED) is 0.711. The zero-order valence-corrected chi connectivity index (χ0v) is 13.4. The first kappa shape index (κ1) is 15.8. The van der Waals surface area contributed by atoms with Gasteiger partial charge in [0.15, 0.2) is 0 Å². The molecule has 1 atom stereocenters. The van der Waals surface area contributed by atoms with Crippen LogP contribution in [0.4, 0.5) is 11.4 Å². The lowest BCUT2D eigenvalue weighted by molar-refractivity contribution is 0.597. The van der Waals surface area contributed by atoms with Gasteiger partial charge in [-0.25, -0.2) is 13.6 Å². The van der Waals surface area contributed by atoms with Crippen molar-refractivity contribution < 1.29 is 8.42 Å². The largest absolute Gasteiger partial charge is 0.399 e. The SMILES string of the molecule is CCCC(Nc1ccc(N)cc1S(N)(=O)=O)c1cccs1. The average Bonchev–Trinajstić information content (AvgIpc) is 2.93. The zero-order chi connectivity index (χ0) is 15.5. The van der Waals surface area contributed by atoms with E-state index in [0.29, 0.717) is 11.4 Å². The number of rotatable bonds is 6. The average molecular weight is 325 g/mol. The van der Waals surface area contributed by atoms with E-state index in [1.807, 2.05) is 17.5 Å². The molecule has 0 spiro atoms. The number of primary sulfonamides is 1. The van der Waals surface area contributed by atoms with E-state index in [2.05, 4.69) is 12.2 Å². The highest BCUT2D eigenvalue weighted by molar-refractivity contribution is 7.89. The van der Waals surface area contributed by atoms with E-state index in [4.69, 9.17) is 10.9 Å². The molecule has 7 heteroatoms. The Morgan fingerprint density at radius 1 is 1.33 bits per heavy atom. The predicted octanol–water partition coefficient (Wildman–Crippen LogP) is 2.93. The van der Waals surface area contributed by atoms with Gasteiger partial charge in [-0.1, -0.05) is 19.4 Å². The zero-order valence-electron chi connectivity index (χ0n) is 11.7. The fourth-order valence-corrected chi connectivity index (χ4v) is 3.69. The second-order valence-electron chi connectivity index (χ2n) is 4.80. The summed E-state index contributed by atoms with van der Waals surface area (Å²) in [5.41, 5.74) is 6.52. The summed E-state index contributed by atoms with van der Waals surface area (Å²) in [5, 5.41) is 10.6. The highest BCUT2D eigenvalue weighted by Gasteiger charge is 2.18. The van der Waals surface area contributed by atoms with Crippen LogP contribution in [-0.2, 0) is 10.0 Å². The van der Waals surface area contributed by atoms with Crippen molar-refractivity contribution in [1.29, 1.82) is 0 Å². The van der Waals surface area contributed by atoms with Gasteiger partial charge in [0.05, 0.1) is 11.7 Å². The summed E-state index contributed by atoms with van der Waals surface area (Å²) >= 11 is 1.64. The molecule has 1 unspecified atom stereocenters. The molecule has 21 heavy (non-hydrogen) atoms. The molecule has 0 bridgehead atoms. The minimum absolute atomic E-state index is 0.0279. The van der Waals surface area contributed by atoms with E-state index >= 15 is 0 Å². The van der Waals surface area contributed by atoms with Gasteiger partial charge in [-0.05, 0) is 36.1 Å².